The minimum Gasteiger partial charge on any atom is -0.337 e. The first kappa shape index (κ1) is 13.3. The number of nitrogens with one attached hydrogen (secondary N) is 1. The van der Waals surface area contributed by atoms with Gasteiger partial charge in [0.05, 0.1) is 5.01 Å². The molecule has 106 valence electrons. The monoisotopic (exact) mass is 290 g/mol. The van der Waals surface area contributed by atoms with Crippen LogP contribution in [0.25, 0.3) is 0 Å². The van der Waals surface area contributed by atoms with Crippen LogP contribution in [0.2, 0.25) is 0 Å². The first-order valence-electron chi connectivity index (χ1n) is 6.80. The van der Waals surface area contributed by atoms with Crippen molar-refractivity contribution in [2.75, 3.05) is 13.1 Å². The number of aryl methyl sites for hydroxylation is 1. The smallest absolute Gasteiger partial charge is 0.271 e. The molecule has 0 aliphatic carbocycles. The van der Waals surface area contributed by atoms with Gasteiger partial charge in [-0.25, -0.2) is 4.98 Å². The zero-order chi connectivity index (χ0) is 14.2. The Morgan fingerprint density at radius 1 is 1.45 bits per heavy atom. The quantitative estimate of drug-likeness (QED) is 0.923. The van der Waals surface area contributed by atoms with Crippen molar-refractivity contribution in [2.24, 2.45) is 0 Å². The van der Waals surface area contributed by atoms with Crippen LogP contribution in [0.3, 0.4) is 0 Å². The summed E-state index contributed by atoms with van der Waals surface area (Å²) in [6.07, 6.45) is 5.46. The third-order valence-electron chi connectivity index (χ3n) is 4.02. The van der Waals surface area contributed by atoms with Crippen molar-refractivity contribution in [3.8, 4) is 0 Å². The molecule has 0 saturated carbocycles. The van der Waals surface area contributed by atoms with Gasteiger partial charge < -0.3 is 4.90 Å². The Morgan fingerprint density at radius 2 is 2.20 bits per heavy atom. The van der Waals surface area contributed by atoms with Gasteiger partial charge in [0.2, 0.25) is 0 Å². The molecule has 1 aliphatic heterocycles. The van der Waals surface area contributed by atoms with Crippen LogP contribution in [0, 0.1) is 6.92 Å². The Morgan fingerprint density at radius 3 is 2.75 bits per heavy atom. The minimum absolute atomic E-state index is 0.0415. The lowest BCUT2D eigenvalue weighted by Crippen LogP contribution is -2.44. The molecule has 0 unspecified atom stereocenters. The Labute approximate surface area is 122 Å². The predicted octanol–water partition coefficient (Wildman–Crippen LogP) is 2.37. The van der Waals surface area contributed by atoms with Crippen LogP contribution in [0.1, 0.15) is 40.1 Å². The summed E-state index contributed by atoms with van der Waals surface area (Å²) in [6, 6.07) is 1.72. The number of rotatable bonds is 2. The van der Waals surface area contributed by atoms with E-state index in [4.69, 9.17) is 0 Å². The third-order valence-corrected chi connectivity index (χ3v) is 5.24. The molecule has 1 fully saturated rings. The molecule has 1 saturated heterocycles. The number of carbonyl (C=O) groups excluding carboxylic acids is 1. The molecule has 0 radical (unpaired) electrons. The molecule has 20 heavy (non-hydrogen) atoms. The standard InChI is InChI=1S/C14H18N4OS/c1-10-9-15-13(20-10)14(2)4-7-18(8-5-14)12(19)11-3-6-16-17-11/h3,6,9H,4-5,7-8H2,1-2H3,(H,16,17). The summed E-state index contributed by atoms with van der Waals surface area (Å²) in [4.78, 5) is 19.9. The second kappa shape index (κ2) is 5.01. The zero-order valence-corrected chi connectivity index (χ0v) is 12.5. The van der Waals surface area contributed by atoms with Crippen LogP contribution < -0.4 is 0 Å². The number of aromatic nitrogens is 3. The van der Waals surface area contributed by atoms with E-state index in [-0.39, 0.29) is 11.3 Å². The van der Waals surface area contributed by atoms with Crippen LogP contribution in [0.5, 0.6) is 0 Å². The average Bonchev–Trinajstić information content (AvgIpc) is 3.10. The molecule has 0 aromatic carbocycles. The van der Waals surface area contributed by atoms with Crippen LogP contribution in [0.15, 0.2) is 18.5 Å². The van der Waals surface area contributed by atoms with Crippen LogP contribution in [-0.4, -0.2) is 39.1 Å². The second-order valence-electron chi connectivity index (χ2n) is 5.60. The number of likely N-dealkylation sites (tertiary alicyclic amines) is 1. The topological polar surface area (TPSA) is 61.9 Å². The summed E-state index contributed by atoms with van der Waals surface area (Å²) >= 11 is 1.77. The van der Waals surface area contributed by atoms with E-state index in [9.17, 15) is 4.79 Å². The predicted molar refractivity (Wildman–Crippen MR) is 77.9 cm³/mol. The van der Waals surface area contributed by atoms with Crippen LogP contribution in [-0.2, 0) is 5.41 Å². The van der Waals surface area contributed by atoms with E-state index >= 15 is 0 Å². The normalized spacial score (nSPS) is 18.2. The molecule has 1 aliphatic rings. The highest BCUT2D eigenvalue weighted by molar-refractivity contribution is 7.11. The third kappa shape index (κ3) is 2.35. The zero-order valence-electron chi connectivity index (χ0n) is 11.7. The van der Waals surface area contributed by atoms with Gasteiger partial charge in [0.25, 0.3) is 5.91 Å². The lowest BCUT2D eigenvalue weighted by molar-refractivity contribution is 0.0670. The number of nitrogens with zero attached hydrogens (tertiary/aromatic N) is 3. The van der Waals surface area contributed by atoms with Gasteiger partial charge in [0.1, 0.15) is 5.69 Å². The summed E-state index contributed by atoms with van der Waals surface area (Å²) in [5.41, 5.74) is 0.669. The lowest BCUT2D eigenvalue weighted by Gasteiger charge is -2.37. The Kier molecular flexibility index (Phi) is 3.33. The fraction of sp³-hybridized carbons (Fsp3) is 0.500. The first-order valence-corrected chi connectivity index (χ1v) is 7.62. The fourth-order valence-electron chi connectivity index (χ4n) is 2.60. The van der Waals surface area contributed by atoms with Crippen molar-refractivity contribution in [1.29, 1.82) is 0 Å². The maximum Gasteiger partial charge on any atom is 0.271 e. The summed E-state index contributed by atoms with van der Waals surface area (Å²) in [7, 11) is 0. The highest BCUT2D eigenvalue weighted by Gasteiger charge is 2.35. The number of thiazole rings is 1. The first-order chi connectivity index (χ1) is 9.58. The van der Waals surface area contributed by atoms with E-state index in [1.54, 1.807) is 23.6 Å². The molecule has 5 nitrogen and oxygen atoms in total. The van der Waals surface area contributed by atoms with E-state index in [0.717, 1.165) is 25.9 Å². The number of hydrogen-bond donors (Lipinski definition) is 1. The molecular formula is C14H18N4OS. The van der Waals surface area contributed by atoms with Crippen molar-refractivity contribution in [3.05, 3.63) is 34.0 Å². The molecule has 6 heteroatoms. The van der Waals surface area contributed by atoms with Crippen LogP contribution in [0.4, 0.5) is 0 Å². The van der Waals surface area contributed by atoms with E-state index in [1.165, 1.54) is 9.88 Å². The van der Waals surface area contributed by atoms with Crippen molar-refractivity contribution in [1.82, 2.24) is 20.1 Å². The van der Waals surface area contributed by atoms with Gasteiger partial charge in [0.15, 0.2) is 0 Å². The van der Waals surface area contributed by atoms with E-state index in [1.807, 2.05) is 11.1 Å². The number of carbonyl (C=O) groups is 1. The minimum atomic E-state index is 0.0415. The molecule has 1 amide bonds. The lowest BCUT2D eigenvalue weighted by atomic mass is 9.81. The largest absolute Gasteiger partial charge is 0.337 e. The Hall–Kier alpha value is -1.69. The Bertz CT molecular complexity index is 596. The summed E-state index contributed by atoms with van der Waals surface area (Å²) in [5, 5.41) is 7.77. The molecular weight excluding hydrogens is 272 g/mol. The Balaban J connectivity index is 1.69. The highest BCUT2D eigenvalue weighted by Crippen LogP contribution is 2.37. The number of aromatic amines is 1. The van der Waals surface area contributed by atoms with Gasteiger partial charge in [-0.2, -0.15) is 5.10 Å². The molecule has 2 aromatic heterocycles. The number of piperidine rings is 1. The molecule has 3 rings (SSSR count). The number of amides is 1. The van der Waals surface area contributed by atoms with Crippen molar-refractivity contribution < 1.29 is 4.79 Å². The average molecular weight is 290 g/mol. The maximum atomic E-state index is 12.3. The molecule has 2 aromatic rings. The van der Waals surface area contributed by atoms with Gasteiger partial charge in [-0.3, -0.25) is 9.89 Å². The van der Waals surface area contributed by atoms with Crippen LogP contribution >= 0.6 is 11.3 Å². The SMILES string of the molecule is Cc1cnc(C2(C)CCN(C(=O)c3ccn[nH]3)CC2)s1. The number of hydrogen-bond acceptors (Lipinski definition) is 4. The van der Waals surface area contributed by atoms with Gasteiger partial charge in [-0.15, -0.1) is 11.3 Å². The number of H-pyrrole nitrogens is 1. The van der Waals surface area contributed by atoms with Crippen molar-refractivity contribution in [2.45, 2.75) is 32.1 Å². The molecule has 3 heterocycles. The molecule has 0 spiro atoms. The van der Waals surface area contributed by atoms with Gasteiger partial charge in [-0.1, -0.05) is 6.92 Å². The molecule has 0 atom stereocenters. The van der Waals surface area contributed by atoms with Gasteiger partial charge in [-0.05, 0) is 25.8 Å². The van der Waals surface area contributed by atoms with Gasteiger partial charge in [0, 0.05) is 35.8 Å². The van der Waals surface area contributed by atoms with E-state index < -0.39 is 0 Å². The van der Waals surface area contributed by atoms with Crippen molar-refractivity contribution >= 4 is 17.2 Å². The van der Waals surface area contributed by atoms with E-state index in [2.05, 4.69) is 29.0 Å². The molecule has 0 bridgehead atoms. The maximum absolute atomic E-state index is 12.3. The van der Waals surface area contributed by atoms with Gasteiger partial charge >= 0.3 is 0 Å². The summed E-state index contributed by atoms with van der Waals surface area (Å²) in [5.74, 6) is 0.0415. The summed E-state index contributed by atoms with van der Waals surface area (Å²) < 4.78 is 0. The highest BCUT2D eigenvalue weighted by atomic mass is 32.1. The van der Waals surface area contributed by atoms with Crippen molar-refractivity contribution in [3.63, 3.8) is 0 Å². The molecule has 1 N–H and O–H groups in total. The second-order valence-corrected chi connectivity index (χ2v) is 6.83. The van der Waals surface area contributed by atoms with E-state index in [0.29, 0.717) is 5.69 Å². The summed E-state index contributed by atoms with van der Waals surface area (Å²) in [6.45, 7) is 5.88. The fourth-order valence-corrected chi connectivity index (χ4v) is 3.56.